The number of rotatable bonds is 6. The Labute approximate surface area is 155 Å². The van der Waals surface area contributed by atoms with E-state index in [-0.39, 0.29) is 5.91 Å². The number of carbonyl (C=O) groups is 1. The van der Waals surface area contributed by atoms with Crippen LogP contribution >= 0.6 is 15.9 Å². The van der Waals surface area contributed by atoms with Gasteiger partial charge in [-0.15, -0.1) is 0 Å². The first-order chi connectivity index (χ1) is 12.2. The van der Waals surface area contributed by atoms with Crippen molar-refractivity contribution >= 4 is 33.5 Å². The third kappa shape index (κ3) is 4.90. The van der Waals surface area contributed by atoms with Crippen LogP contribution in [0, 0.1) is 0 Å². The van der Waals surface area contributed by atoms with Crippen molar-refractivity contribution in [2.75, 3.05) is 6.54 Å². The number of benzene rings is 2. The largest absolute Gasteiger partial charge is 0.350 e. The first kappa shape index (κ1) is 17.2. The molecule has 4 nitrogen and oxygen atoms in total. The molecule has 1 heterocycles. The Morgan fingerprint density at radius 2 is 1.76 bits per heavy atom. The van der Waals surface area contributed by atoms with Crippen molar-refractivity contribution in [3.63, 3.8) is 0 Å². The van der Waals surface area contributed by atoms with E-state index < -0.39 is 0 Å². The average molecular weight is 396 g/mol. The summed E-state index contributed by atoms with van der Waals surface area (Å²) in [5, 5.41) is 7.16. The molecule has 0 fully saturated rings. The second-order valence-corrected chi connectivity index (χ2v) is 6.43. The molecule has 1 N–H and O–H groups in total. The first-order valence-corrected chi connectivity index (χ1v) is 8.80. The molecule has 0 radical (unpaired) electrons. The van der Waals surface area contributed by atoms with Gasteiger partial charge >= 0.3 is 0 Å². The summed E-state index contributed by atoms with van der Waals surface area (Å²) >= 11 is 3.36. The SMILES string of the molecule is O=C(NCCn1cc(Br)cn1)/C(=C\c1ccccc1)c1ccccc1. The lowest BCUT2D eigenvalue weighted by molar-refractivity contribution is -0.115. The van der Waals surface area contributed by atoms with Gasteiger partial charge in [-0.25, -0.2) is 0 Å². The van der Waals surface area contributed by atoms with Crippen molar-refractivity contribution in [2.45, 2.75) is 6.54 Å². The highest BCUT2D eigenvalue weighted by molar-refractivity contribution is 9.10. The van der Waals surface area contributed by atoms with Crippen LogP contribution < -0.4 is 5.32 Å². The Morgan fingerprint density at radius 1 is 1.08 bits per heavy atom. The van der Waals surface area contributed by atoms with E-state index in [1.807, 2.05) is 72.9 Å². The lowest BCUT2D eigenvalue weighted by atomic mass is 10.0. The molecule has 0 unspecified atom stereocenters. The van der Waals surface area contributed by atoms with E-state index in [9.17, 15) is 4.79 Å². The van der Waals surface area contributed by atoms with Gasteiger partial charge in [-0.2, -0.15) is 5.10 Å². The van der Waals surface area contributed by atoms with Gasteiger partial charge < -0.3 is 5.32 Å². The summed E-state index contributed by atoms with van der Waals surface area (Å²) in [4.78, 5) is 12.7. The number of carbonyl (C=O) groups excluding carboxylic acids is 1. The van der Waals surface area contributed by atoms with E-state index in [4.69, 9.17) is 0 Å². The molecule has 0 aliphatic heterocycles. The Hall–Kier alpha value is -2.66. The maximum Gasteiger partial charge on any atom is 0.251 e. The van der Waals surface area contributed by atoms with Gasteiger partial charge in [0.15, 0.2) is 0 Å². The van der Waals surface area contributed by atoms with Crippen LogP contribution in [0.1, 0.15) is 11.1 Å². The fourth-order valence-corrected chi connectivity index (χ4v) is 2.78. The van der Waals surface area contributed by atoms with Crippen molar-refractivity contribution in [1.82, 2.24) is 15.1 Å². The highest BCUT2D eigenvalue weighted by Crippen LogP contribution is 2.18. The summed E-state index contributed by atoms with van der Waals surface area (Å²) in [7, 11) is 0. The van der Waals surface area contributed by atoms with Gasteiger partial charge in [0.25, 0.3) is 5.91 Å². The van der Waals surface area contributed by atoms with Crippen molar-refractivity contribution < 1.29 is 4.79 Å². The van der Waals surface area contributed by atoms with Gasteiger partial charge in [-0.1, -0.05) is 60.7 Å². The van der Waals surface area contributed by atoms with Crippen molar-refractivity contribution in [1.29, 1.82) is 0 Å². The van der Waals surface area contributed by atoms with Crippen LogP contribution in [0.4, 0.5) is 0 Å². The summed E-state index contributed by atoms with van der Waals surface area (Å²) in [6.07, 6.45) is 5.52. The molecule has 3 aromatic rings. The molecule has 0 spiro atoms. The molecule has 0 atom stereocenters. The third-order valence-corrected chi connectivity index (χ3v) is 4.08. The molecule has 0 bridgehead atoms. The number of amides is 1. The lowest BCUT2D eigenvalue weighted by Crippen LogP contribution is -2.28. The molecule has 3 rings (SSSR count). The molecule has 5 heteroatoms. The van der Waals surface area contributed by atoms with Crippen LogP contribution in [0.3, 0.4) is 0 Å². The number of nitrogens with zero attached hydrogens (tertiary/aromatic N) is 2. The molecular weight excluding hydrogens is 378 g/mol. The second kappa shape index (κ2) is 8.44. The van der Waals surface area contributed by atoms with Gasteiger partial charge in [0.2, 0.25) is 0 Å². The minimum Gasteiger partial charge on any atom is -0.350 e. The third-order valence-electron chi connectivity index (χ3n) is 3.67. The first-order valence-electron chi connectivity index (χ1n) is 8.01. The standard InChI is InChI=1S/C20H18BrN3O/c21-18-14-23-24(15-18)12-11-22-20(25)19(17-9-5-2-6-10-17)13-16-7-3-1-4-8-16/h1-10,13-15H,11-12H2,(H,22,25)/b19-13-. The molecule has 0 saturated heterocycles. The van der Waals surface area contributed by atoms with E-state index in [2.05, 4.69) is 26.3 Å². The molecular formula is C20H18BrN3O. The number of hydrogen-bond acceptors (Lipinski definition) is 2. The topological polar surface area (TPSA) is 46.9 Å². The maximum absolute atomic E-state index is 12.7. The molecule has 1 amide bonds. The van der Waals surface area contributed by atoms with E-state index in [1.165, 1.54) is 0 Å². The lowest BCUT2D eigenvalue weighted by Gasteiger charge is -2.10. The van der Waals surface area contributed by atoms with Crippen LogP contribution in [-0.2, 0) is 11.3 Å². The van der Waals surface area contributed by atoms with Gasteiger partial charge in [-0.05, 0) is 33.1 Å². The smallest absolute Gasteiger partial charge is 0.251 e. The van der Waals surface area contributed by atoms with Crippen LogP contribution in [-0.4, -0.2) is 22.2 Å². The monoisotopic (exact) mass is 395 g/mol. The summed E-state index contributed by atoms with van der Waals surface area (Å²) in [5.41, 5.74) is 2.53. The number of aromatic nitrogens is 2. The van der Waals surface area contributed by atoms with E-state index in [0.717, 1.165) is 15.6 Å². The van der Waals surface area contributed by atoms with Gasteiger partial charge in [0, 0.05) is 18.3 Å². The van der Waals surface area contributed by atoms with Crippen LogP contribution in [0.25, 0.3) is 11.6 Å². The maximum atomic E-state index is 12.7. The molecule has 2 aromatic carbocycles. The second-order valence-electron chi connectivity index (χ2n) is 5.51. The zero-order chi connectivity index (χ0) is 17.5. The fraction of sp³-hybridized carbons (Fsp3) is 0.100. The molecule has 0 aliphatic carbocycles. The van der Waals surface area contributed by atoms with Crippen LogP contribution in [0.15, 0.2) is 77.5 Å². The zero-order valence-corrected chi connectivity index (χ0v) is 15.2. The van der Waals surface area contributed by atoms with Crippen molar-refractivity contribution in [3.8, 4) is 0 Å². The molecule has 0 saturated carbocycles. The van der Waals surface area contributed by atoms with Crippen molar-refractivity contribution in [2.24, 2.45) is 0 Å². The molecule has 25 heavy (non-hydrogen) atoms. The summed E-state index contributed by atoms with van der Waals surface area (Å²) in [5.74, 6) is -0.0960. The molecule has 1 aromatic heterocycles. The highest BCUT2D eigenvalue weighted by Gasteiger charge is 2.11. The van der Waals surface area contributed by atoms with E-state index >= 15 is 0 Å². The number of hydrogen-bond donors (Lipinski definition) is 1. The summed E-state index contributed by atoms with van der Waals surface area (Å²) < 4.78 is 2.71. The van der Waals surface area contributed by atoms with Crippen molar-refractivity contribution in [3.05, 3.63) is 88.7 Å². The summed E-state index contributed by atoms with van der Waals surface area (Å²) in [6, 6.07) is 19.5. The highest BCUT2D eigenvalue weighted by atomic mass is 79.9. The quantitative estimate of drug-likeness (QED) is 0.506. The van der Waals surface area contributed by atoms with Gasteiger partial charge in [0.05, 0.1) is 17.2 Å². The Morgan fingerprint density at radius 3 is 2.40 bits per heavy atom. The van der Waals surface area contributed by atoms with Crippen LogP contribution in [0.5, 0.6) is 0 Å². The molecule has 0 aliphatic rings. The normalized spacial score (nSPS) is 11.3. The van der Waals surface area contributed by atoms with E-state index in [1.54, 1.807) is 10.9 Å². The predicted octanol–water partition coefficient (Wildman–Crippen LogP) is 4.00. The fourth-order valence-electron chi connectivity index (χ4n) is 2.45. The Kier molecular flexibility index (Phi) is 5.80. The number of halogens is 1. The average Bonchev–Trinajstić information content (AvgIpc) is 3.06. The van der Waals surface area contributed by atoms with Crippen LogP contribution in [0.2, 0.25) is 0 Å². The summed E-state index contributed by atoms with van der Waals surface area (Å²) in [6.45, 7) is 1.12. The van der Waals surface area contributed by atoms with Gasteiger partial charge in [0.1, 0.15) is 0 Å². The van der Waals surface area contributed by atoms with E-state index in [0.29, 0.717) is 18.7 Å². The Balaban J connectivity index is 1.74. The minimum atomic E-state index is -0.0960. The molecule has 126 valence electrons. The van der Waals surface area contributed by atoms with Gasteiger partial charge in [-0.3, -0.25) is 9.48 Å². The zero-order valence-electron chi connectivity index (χ0n) is 13.6. The minimum absolute atomic E-state index is 0.0960. The Bertz CT molecular complexity index is 857. The predicted molar refractivity (Wildman–Crippen MR) is 104 cm³/mol. The number of nitrogens with one attached hydrogen (secondary N) is 1.